The van der Waals surface area contributed by atoms with Crippen LogP contribution in [0.4, 0.5) is 0 Å². The molecule has 0 radical (unpaired) electrons. The number of nitrogens with zero attached hydrogens (tertiary/aromatic N) is 2. The molecule has 6 N–H and O–H groups in total. The Morgan fingerprint density at radius 2 is 1.68 bits per heavy atom. The number of hydrogen-bond donors (Lipinski definition) is 6. The standard InChI is InChI=1S/C45H80N4O11/c1-15-34-44(11,53)38(51)26(2)23-48-27(3)21-42(8,9)39(60-41-36(50)33(49(12)13)20-28(4)56-41)29(5)37(30(6)40(52)58-34)59-35-22-43(10,55-14)45(54,31(7)57-35)25-46-24-32-18-16-17-19-47-32/h16-19,26-31,33-39,41,46,48,50-51,53-54H,15,20-25H2,1-14H3/t26-,27+,28+,29-,30+,31-,33-,34+,35+,36+,37+,38+,39+,41-,43-,44+,45+/m0/s1. The van der Waals surface area contributed by atoms with E-state index in [0.29, 0.717) is 25.9 Å². The molecule has 0 saturated carbocycles. The highest BCUT2D eigenvalue weighted by Crippen LogP contribution is 2.44. The molecule has 3 fully saturated rings. The van der Waals surface area contributed by atoms with Gasteiger partial charge in [-0.3, -0.25) is 9.78 Å². The summed E-state index contributed by atoms with van der Waals surface area (Å²) in [6.07, 6.45) is -4.38. The number of methoxy groups -OCH3 is 1. The van der Waals surface area contributed by atoms with Crippen LogP contribution < -0.4 is 10.6 Å². The molecular formula is C45H80N4O11. The number of ether oxygens (including phenoxy) is 6. The summed E-state index contributed by atoms with van der Waals surface area (Å²) in [7, 11) is 5.41. The van der Waals surface area contributed by atoms with Crippen LogP contribution in [0, 0.1) is 23.2 Å². The van der Waals surface area contributed by atoms with Gasteiger partial charge in [0, 0.05) is 57.4 Å². The van der Waals surface area contributed by atoms with Gasteiger partial charge in [-0.2, -0.15) is 0 Å². The van der Waals surface area contributed by atoms with Gasteiger partial charge in [0.25, 0.3) is 0 Å². The van der Waals surface area contributed by atoms with Crippen molar-refractivity contribution >= 4 is 5.97 Å². The van der Waals surface area contributed by atoms with E-state index in [9.17, 15) is 25.2 Å². The lowest BCUT2D eigenvalue weighted by molar-refractivity contribution is -0.334. The fourth-order valence-electron chi connectivity index (χ4n) is 9.97. The molecule has 3 aliphatic rings. The number of likely N-dealkylation sites (N-methyl/N-ethyl adjacent to an activating group) is 1. The zero-order valence-electron chi connectivity index (χ0n) is 38.9. The highest BCUT2D eigenvalue weighted by atomic mass is 16.7. The maximum atomic E-state index is 14.5. The molecule has 1 aromatic rings. The lowest BCUT2D eigenvalue weighted by Gasteiger charge is -2.54. The van der Waals surface area contributed by atoms with Crippen molar-refractivity contribution in [2.45, 2.75) is 193 Å². The van der Waals surface area contributed by atoms with Crippen molar-refractivity contribution in [2.75, 3.05) is 34.3 Å². The van der Waals surface area contributed by atoms with Crippen molar-refractivity contribution < 1.29 is 53.6 Å². The van der Waals surface area contributed by atoms with Crippen LogP contribution in [0.5, 0.6) is 0 Å². The summed E-state index contributed by atoms with van der Waals surface area (Å²) in [6, 6.07) is 5.38. The second-order valence-corrected chi connectivity index (χ2v) is 19.6. The van der Waals surface area contributed by atoms with Gasteiger partial charge in [-0.25, -0.2) is 0 Å². The van der Waals surface area contributed by atoms with E-state index in [1.54, 1.807) is 34.1 Å². The summed E-state index contributed by atoms with van der Waals surface area (Å²) in [6.45, 7) is 21.7. The molecule has 0 bridgehead atoms. The van der Waals surface area contributed by atoms with Crippen LogP contribution in [0.1, 0.15) is 108 Å². The molecular weight excluding hydrogens is 773 g/mol. The molecule has 1 aromatic heterocycles. The smallest absolute Gasteiger partial charge is 0.311 e. The Balaban J connectivity index is 1.76. The van der Waals surface area contributed by atoms with E-state index in [1.165, 1.54) is 6.92 Å². The zero-order valence-corrected chi connectivity index (χ0v) is 38.9. The highest BCUT2D eigenvalue weighted by Gasteiger charge is 2.58. The van der Waals surface area contributed by atoms with Gasteiger partial charge in [-0.15, -0.1) is 0 Å². The predicted molar refractivity (Wildman–Crippen MR) is 228 cm³/mol. The third kappa shape index (κ3) is 11.4. The van der Waals surface area contributed by atoms with E-state index in [2.05, 4.69) is 36.4 Å². The largest absolute Gasteiger partial charge is 0.459 e. The minimum absolute atomic E-state index is 0.0702. The van der Waals surface area contributed by atoms with Crippen molar-refractivity contribution in [3.63, 3.8) is 0 Å². The molecule has 3 saturated heterocycles. The SMILES string of the molecule is CC[C@H]1OC(=O)[C@H](C)[C@H](O[C@@H]2C[C@](C)(OC)[C@@](O)(CNCc3ccccn3)[C@H](C)O2)[C@H](C)[C@@H](O[C@@H]2O[C@H](C)C[C@H](N(C)C)[C@H]2O)C(C)(C)C[C@@H](C)NC[C@H](C)[C@@H](O)[C@]1(C)O. The Morgan fingerprint density at radius 3 is 2.28 bits per heavy atom. The van der Waals surface area contributed by atoms with Gasteiger partial charge in [-0.05, 0) is 98.4 Å². The summed E-state index contributed by atoms with van der Waals surface area (Å²) < 4.78 is 39.1. The van der Waals surface area contributed by atoms with Crippen LogP contribution in [0.15, 0.2) is 24.4 Å². The number of hydrogen-bond acceptors (Lipinski definition) is 15. The molecule has 15 heteroatoms. The molecule has 0 spiro atoms. The number of cyclic esters (lactones) is 1. The minimum Gasteiger partial charge on any atom is -0.459 e. The maximum Gasteiger partial charge on any atom is 0.311 e. The molecule has 0 aliphatic carbocycles. The van der Waals surface area contributed by atoms with Crippen LogP contribution in [0.25, 0.3) is 0 Å². The maximum absolute atomic E-state index is 14.5. The van der Waals surface area contributed by atoms with Crippen molar-refractivity contribution in [1.29, 1.82) is 0 Å². The van der Waals surface area contributed by atoms with Gasteiger partial charge in [0.05, 0.1) is 42.1 Å². The summed E-state index contributed by atoms with van der Waals surface area (Å²) in [5.74, 6) is -2.51. The number of aliphatic hydroxyl groups is 4. The van der Waals surface area contributed by atoms with Gasteiger partial charge in [-0.1, -0.05) is 40.7 Å². The minimum atomic E-state index is -1.76. The van der Waals surface area contributed by atoms with Gasteiger partial charge >= 0.3 is 5.97 Å². The zero-order chi connectivity index (χ0) is 45.0. The quantitative estimate of drug-likeness (QED) is 0.178. The first-order chi connectivity index (χ1) is 27.9. The van der Waals surface area contributed by atoms with Crippen molar-refractivity contribution in [2.24, 2.45) is 23.2 Å². The van der Waals surface area contributed by atoms with Crippen LogP contribution in [-0.4, -0.2) is 155 Å². The molecule has 3 aliphatic heterocycles. The summed E-state index contributed by atoms with van der Waals surface area (Å²) in [5.41, 5.74) is -4.20. The van der Waals surface area contributed by atoms with Crippen LogP contribution in [-0.2, 0) is 39.8 Å². The summed E-state index contributed by atoms with van der Waals surface area (Å²) >= 11 is 0. The average Bonchev–Trinajstić information content (AvgIpc) is 3.19. The van der Waals surface area contributed by atoms with Crippen LogP contribution in [0.3, 0.4) is 0 Å². The van der Waals surface area contributed by atoms with Crippen molar-refractivity contribution in [3.8, 4) is 0 Å². The number of esters is 1. The van der Waals surface area contributed by atoms with E-state index in [-0.39, 0.29) is 43.5 Å². The Labute approximate surface area is 359 Å². The molecule has 4 heterocycles. The van der Waals surface area contributed by atoms with Crippen LogP contribution >= 0.6 is 0 Å². The molecule has 0 amide bonds. The van der Waals surface area contributed by atoms with E-state index in [1.807, 2.05) is 64.9 Å². The molecule has 60 heavy (non-hydrogen) atoms. The first kappa shape index (κ1) is 50.8. The number of rotatable bonds is 11. The number of aromatic nitrogens is 1. The number of carbonyl (C=O) groups excluding carboxylic acids is 1. The first-order valence-electron chi connectivity index (χ1n) is 22.1. The number of carbonyl (C=O) groups is 1. The fraction of sp³-hybridized carbons (Fsp3) is 0.867. The van der Waals surface area contributed by atoms with E-state index in [0.717, 1.165) is 5.69 Å². The Hall–Kier alpha value is -1.86. The monoisotopic (exact) mass is 853 g/mol. The fourth-order valence-corrected chi connectivity index (χ4v) is 9.97. The van der Waals surface area contributed by atoms with Crippen LogP contribution in [0.2, 0.25) is 0 Å². The Morgan fingerprint density at radius 1 is 1.00 bits per heavy atom. The molecule has 15 nitrogen and oxygen atoms in total. The molecule has 346 valence electrons. The lowest BCUT2D eigenvalue weighted by atomic mass is 9.72. The second kappa shape index (κ2) is 20.8. The number of pyridine rings is 1. The topological polar surface area (TPSA) is 194 Å². The van der Waals surface area contributed by atoms with Crippen molar-refractivity contribution in [1.82, 2.24) is 20.5 Å². The Kier molecular flexibility index (Phi) is 17.6. The van der Waals surface area contributed by atoms with Gasteiger partial charge in [0.2, 0.25) is 0 Å². The average molecular weight is 853 g/mol. The van der Waals surface area contributed by atoms with E-state index < -0.39 is 89.2 Å². The lowest BCUT2D eigenvalue weighted by Crippen LogP contribution is -2.70. The van der Waals surface area contributed by atoms with Gasteiger partial charge in [0.1, 0.15) is 29.0 Å². The number of nitrogens with one attached hydrogen (secondary N) is 2. The van der Waals surface area contributed by atoms with Gasteiger partial charge < -0.3 is 64.4 Å². The summed E-state index contributed by atoms with van der Waals surface area (Å²) in [4.78, 5) is 20.8. The van der Waals surface area contributed by atoms with E-state index >= 15 is 0 Å². The van der Waals surface area contributed by atoms with Crippen molar-refractivity contribution in [3.05, 3.63) is 30.1 Å². The first-order valence-corrected chi connectivity index (χ1v) is 22.1. The normalized spacial score (nSPS) is 43.8. The predicted octanol–water partition coefficient (Wildman–Crippen LogP) is 3.39. The molecule has 0 unspecified atom stereocenters. The second-order valence-electron chi connectivity index (χ2n) is 19.6. The summed E-state index contributed by atoms with van der Waals surface area (Å²) in [5, 5.41) is 54.1. The molecule has 0 aromatic carbocycles. The Bertz CT molecular complexity index is 1490. The highest BCUT2D eigenvalue weighted by molar-refractivity contribution is 5.73. The van der Waals surface area contributed by atoms with Gasteiger partial charge in [0.15, 0.2) is 12.6 Å². The molecule has 17 atom stereocenters. The third-order valence-electron chi connectivity index (χ3n) is 13.9. The number of aliphatic hydroxyl groups excluding tert-OH is 2. The third-order valence-corrected chi connectivity index (χ3v) is 13.9. The van der Waals surface area contributed by atoms with E-state index in [4.69, 9.17) is 28.4 Å². The molecule has 4 rings (SSSR count).